The molecule has 0 fully saturated rings. The first-order chi connectivity index (χ1) is 8.24. The van der Waals surface area contributed by atoms with Crippen molar-refractivity contribution in [1.29, 1.82) is 5.26 Å². The molecule has 2 N–H and O–H groups in total. The second-order valence-electron chi connectivity index (χ2n) is 3.56. The number of nitrogens with zero attached hydrogens (tertiary/aromatic N) is 3. The lowest BCUT2D eigenvalue weighted by atomic mass is 10.2. The largest absolute Gasteiger partial charge is 0.496 e. The van der Waals surface area contributed by atoms with E-state index in [1.165, 1.54) is 0 Å². The highest BCUT2D eigenvalue weighted by Gasteiger charge is 2.07. The van der Waals surface area contributed by atoms with Crippen molar-refractivity contribution >= 4 is 5.69 Å². The van der Waals surface area contributed by atoms with Crippen LogP contribution in [0.25, 0.3) is 0 Å². The Morgan fingerprint density at radius 1 is 1.53 bits per heavy atom. The molecule has 2 aromatic rings. The van der Waals surface area contributed by atoms with E-state index in [9.17, 15) is 0 Å². The molecule has 0 bridgehead atoms. The Hall–Kier alpha value is -2.48. The number of nitrogens with two attached hydrogens (primary N) is 1. The van der Waals surface area contributed by atoms with E-state index in [-0.39, 0.29) is 0 Å². The standard InChI is InChI=1S/C12H12N4O/c1-17-11-6-10(14)3-2-9(11)8-16-5-4-15-12(16)7-13/h2-6H,8,14H2,1H3. The quantitative estimate of drug-likeness (QED) is 0.805. The van der Waals surface area contributed by atoms with Crippen LogP contribution in [0.15, 0.2) is 30.6 Å². The maximum atomic E-state index is 8.87. The van der Waals surface area contributed by atoms with Crippen molar-refractivity contribution < 1.29 is 4.74 Å². The van der Waals surface area contributed by atoms with E-state index < -0.39 is 0 Å². The Balaban J connectivity index is 2.33. The summed E-state index contributed by atoms with van der Waals surface area (Å²) < 4.78 is 7.01. The molecule has 5 nitrogen and oxygen atoms in total. The van der Waals surface area contributed by atoms with Gasteiger partial charge in [0.2, 0.25) is 5.82 Å². The molecule has 0 aliphatic heterocycles. The van der Waals surface area contributed by atoms with Crippen LogP contribution in [0.5, 0.6) is 5.75 Å². The second kappa shape index (κ2) is 4.58. The normalized spacial score (nSPS) is 9.88. The van der Waals surface area contributed by atoms with Crippen LogP contribution < -0.4 is 10.5 Å². The van der Waals surface area contributed by atoms with Crippen LogP contribution in [0.1, 0.15) is 11.4 Å². The van der Waals surface area contributed by atoms with Gasteiger partial charge in [-0.2, -0.15) is 5.26 Å². The van der Waals surface area contributed by atoms with Crippen molar-refractivity contribution in [2.45, 2.75) is 6.54 Å². The number of methoxy groups -OCH3 is 1. The number of hydrogen-bond acceptors (Lipinski definition) is 4. The van der Waals surface area contributed by atoms with Crippen LogP contribution in [0.3, 0.4) is 0 Å². The summed E-state index contributed by atoms with van der Waals surface area (Å²) in [6.07, 6.45) is 3.36. The molecule has 0 spiro atoms. The van der Waals surface area contributed by atoms with E-state index >= 15 is 0 Å². The topological polar surface area (TPSA) is 76.9 Å². The van der Waals surface area contributed by atoms with Gasteiger partial charge in [-0.25, -0.2) is 4.98 Å². The fourth-order valence-electron chi connectivity index (χ4n) is 1.63. The molecule has 0 radical (unpaired) electrons. The van der Waals surface area contributed by atoms with E-state index in [4.69, 9.17) is 15.7 Å². The van der Waals surface area contributed by atoms with Crippen LogP contribution in [0, 0.1) is 11.3 Å². The Kier molecular flexibility index (Phi) is 2.97. The van der Waals surface area contributed by atoms with Crippen LogP contribution in [0.4, 0.5) is 5.69 Å². The van der Waals surface area contributed by atoms with Crippen molar-refractivity contribution in [3.8, 4) is 11.8 Å². The lowest BCUT2D eigenvalue weighted by Crippen LogP contribution is -2.03. The van der Waals surface area contributed by atoms with Gasteiger partial charge >= 0.3 is 0 Å². The average molecular weight is 228 g/mol. The predicted molar refractivity (Wildman–Crippen MR) is 63.5 cm³/mol. The van der Waals surface area contributed by atoms with Crippen molar-refractivity contribution in [2.24, 2.45) is 0 Å². The van der Waals surface area contributed by atoms with E-state index in [2.05, 4.69) is 4.98 Å². The molecule has 17 heavy (non-hydrogen) atoms. The van der Waals surface area contributed by atoms with Gasteiger partial charge in [0.1, 0.15) is 11.8 Å². The Morgan fingerprint density at radius 3 is 3.06 bits per heavy atom. The summed E-state index contributed by atoms with van der Waals surface area (Å²) in [5.41, 5.74) is 7.29. The van der Waals surface area contributed by atoms with Gasteiger partial charge in [-0.05, 0) is 6.07 Å². The number of imidazole rings is 1. The molecule has 0 saturated carbocycles. The first kappa shape index (κ1) is 11.0. The number of aromatic nitrogens is 2. The summed E-state index contributed by atoms with van der Waals surface area (Å²) in [7, 11) is 1.59. The number of nitriles is 1. The molecule has 0 unspecified atom stereocenters. The lowest BCUT2D eigenvalue weighted by Gasteiger charge is -2.10. The monoisotopic (exact) mass is 228 g/mol. The van der Waals surface area contributed by atoms with Gasteiger partial charge in [0, 0.05) is 29.7 Å². The minimum absolute atomic E-state index is 0.379. The molecule has 86 valence electrons. The number of hydrogen-bond donors (Lipinski definition) is 1. The summed E-state index contributed by atoms with van der Waals surface area (Å²) in [4.78, 5) is 3.94. The molecule has 0 amide bonds. The van der Waals surface area contributed by atoms with Crippen LogP contribution in [-0.4, -0.2) is 16.7 Å². The van der Waals surface area contributed by atoms with E-state index in [1.807, 2.05) is 12.1 Å². The number of nitrogen functional groups attached to an aromatic ring is 1. The lowest BCUT2D eigenvalue weighted by molar-refractivity contribution is 0.408. The highest BCUT2D eigenvalue weighted by atomic mass is 16.5. The van der Waals surface area contributed by atoms with Crippen molar-refractivity contribution in [3.63, 3.8) is 0 Å². The highest BCUT2D eigenvalue weighted by Crippen LogP contribution is 2.22. The smallest absolute Gasteiger partial charge is 0.213 e. The van der Waals surface area contributed by atoms with E-state index in [1.54, 1.807) is 36.2 Å². The average Bonchev–Trinajstić information content (AvgIpc) is 2.78. The maximum absolute atomic E-state index is 8.87. The molecule has 0 aliphatic rings. The van der Waals surface area contributed by atoms with Crippen molar-refractivity contribution in [3.05, 3.63) is 42.0 Å². The summed E-state index contributed by atoms with van der Waals surface area (Å²) in [6.45, 7) is 0.534. The maximum Gasteiger partial charge on any atom is 0.213 e. The molecule has 2 rings (SSSR count). The van der Waals surface area contributed by atoms with Gasteiger partial charge < -0.3 is 15.0 Å². The zero-order valence-corrected chi connectivity index (χ0v) is 9.42. The molecular formula is C12H12N4O. The van der Waals surface area contributed by atoms with Gasteiger partial charge in [-0.15, -0.1) is 0 Å². The number of benzene rings is 1. The molecular weight excluding hydrogens is 216 g/mol. The Bertz CT molecular complexity index is 568. The molecule has 5 heteroatoms. The molecule has 1 heterocycles. The predicted octanol–water partition coefficient (Wildman–Crippen LogP) is 1.39. The van der Waals surface area contributed by atoms with E-state index in [0.717, 1.165) is 5.56 Å². The molecule has 1 aromatic carbocycles. The number of rotatable bonds is 3. The summed E-state index contributed by atoms with van der Waals surface area (Å²) in [5.74, 6) is 1.09. The zero-order valence-electron chi connectivity index (χ0n) is 9.42. The SMILES string of the molecule is COc1cc(N)ccc1Cn1ccnc1C#N. The minimum Gasteiger partial charge on any atom is -0.496 e. The van der Waals surface area contributed by atoms with Gasteiger partial charge in [0.15, 0.2) is 0 Å². The summed E-state index contributed by atoms with van der Waals surface area (Å²) in [6, 6.07) is 7.48. The minimum atomic E-state index is 0.379. The fraction of sp³-hybridized carbons (Fsp3) is 0.167. The fourth-order valence-corrected chi connectivity index (χ4v) is 1.63. The zero-order chi connectivity index (χ0) is 12.3. The Morgan fingerprint density at radius 2 is 2.35 bits per heavy atom. The highest BCUT2D eigenvalue weighted by molar-refractivity contribution is 5.48. The first-order valence-corrected chi connectivity index (χ1v) is 5.08. The molecule has 0 saturated heterocycles. The Labute approximate surface area is 99.1 Å². The molecule has 0 aliphatic carbocycles. The number of anilines is 1. The third-order valence-electron chi connectivity index (χ3n) is 2.47. The van der Waals surface area contributed by atoms with Crippen molar-refractivity contribution in [2.75, 3.05) is 12.8 Å². The second-order valence-corrected chi connectivity index (χ2v) is 3.56. The van der Waals surface area contributed by atoms with Gasteiger partial charge in [-0.1, -0.05) is 6.07 Å². The summed E-state index contributed by atoms with van der Waals surface area (Å²) >= 11 is 0. The summed E-state index contributed by atoms with van der Waals surface area (Å²) in [5, 5.41) is 8.87. The number of ether oxygens (including phenoxy) is 1. The van der Waals surface area contributed by atoms with Crippen LogP contribution >= 0.6 is 0 Å². The third-order valence-corrected chi connectivity index (χ3v) is 2.47. The molecule has 0 atom stereocenters. The van der Waals surface area contributed by atoms with Gasteiger partial charge in [0.05, 0.1) is 13.7 Å². The van der Waals surface area contributed by atoms with E-state index in [0.29, 0.717) is 23.8 Å². The molecule has 1 aromatic heterocycles. The van der Waals surface area contributed by atoms with Crippen LogP contribution in [-0.2, 0) is 6.54 Å². The van der Waals surface area contributed by atoms with Crippen molar-refractivity contribution in [1.82, 2.24) is 9.55 Å². The first-order valence-electron chi connectivity index (χ1n) is 5.08. The van der Waals surface area contributed by atoms with Gasteiger partial charge in [-0.3, -0.25) is 0 Å². The van der Waals surface area contributed by atoms with Crippen LogP contribution in [0.2, 0.25) is 0 Å². The van der Waals surface area contributed by atoms with Gasteiger partial charge in [0.25, 0.3) is 0 Å². The third kappa shape index (κ3) is 2.21.